The Kier molecular flexibility index (Phi) is 5.45. The van der Waals surface area contributed by atoms with Crippen LogP contribution in [0, 0.1) is 0 Å². The molecule has 0 saturated heterocycles. The van der Waals surface area contributed by atoms with E-state index in [0.717, 1.165) is 39.2 Å². The Hall–Kier alpha value is -5.84. The quantitative estimate of drug-likeness (QED) is 0.201. The smallest absolute Gasteiger partial charge is 0.0973 e. The Labute approximate surface area is 268 Å². The standard InChI is InChI=1S/C42H25N3S/c1-2-13-26(14-3-1)39-40(44-34-22-9-8-21-33(34)43-39)27-15-12-16-28(25-27)45-35-23-10-6-19-31(35)37-29-17-4-5-18-30(29)38-32-20-7-11-24-36(32)46-42(38)41(37)45/h1-25H. The molecule has 0 amide bonds. The molecule has 7 aromatic carbocycles. The molecule has 0 atom stereocenters. The first kappa shape index (κ1) is 25.5. The largest absolute Gasteiger partial charge is 0.308 e. The summed E-state index contributed by atoms with van der Waals surface area (Å²) in [5.74, 6) is 0. The summed E-state index contributed by atoms with van der Waals surface area (Å²) in [6, 6.07) is 53.9. The summed E-state index contributed by atoms with van der Waals surface area (Å²) in [6.07, 6.45) is 0. The minimum absolute atomic E-state index is 0.880. The molecule has 0 N–H and O–H groups in total. The zero-order valence-electron chi connectivity index (χ0n) is 24.7. The molecule has 0 radical (unpaired) electrons. The average Bonchev–Trinajstić information content (AvgIpc) is 3.69. The third-order valence-corrected chi connectivity index (χ3v) is 10.3. The molecule has 0 bridgehead atoms. The highest BCUT2D eigenvalue weighted by atomic mass is 32.1. The van der Waals surface area contributed by atoms with Crippen LogP contribution >= 0.6 is 11.3 Å². The number of para-hydroxylation sites is 3. The van der Waals surface area contributed by atoms with Gasteiger partial charge in [0, 0.05) is 43.1 Å². The molecule has 0 aliphatic rings. The SMILES string of the molecule is c1ccc(-c2nc3ccccc3nc2-c2cccc(-n3c4ccccc4c4c5ccccc5c5c6ccccc6sc5c43)c2)cc1. The van der Waals surface area contributed by atoms with Crippen molar-refractivity contribution in [3.63, 3.8) is 0 Å². The van der Waals surface area contributed by atoms with Crippen molar-refractivity contribution in [3.05, 3.63) is 152 Å². The number of hydrogen-bond acceptors (Lipinski definition) is 3. The number of hydrogen-bond donors (Lipinski definition) is 0. The zero-order chi connectivity index (χ0) is 30.2. The van der Waals surface area contributed by atoms with Gasteiger partial charge in [0.2, 0.25) is 0 Å². The van der Waals surface area contributed by atoms with Gasteiger partial charge in [-0.3, -0.25) is 0 Å². The number of aromatic nitrogens is 3. The summed E-state index contributed by atoms with van der Waals surface area (Å²) in [4.78, 5) is 10.4. The van der Waals surface area contributed by atoms with E-state index in [1.165, 1.54) is 52.8 Å². The van der Waals surface area contributed by atoms with E-state index >= 15 is 0 Å². The van der Waals surface area contributed by atoms with Crippen LogP contribution in [0.2, 0.25) is 0 Å². The van der Waals surface area contributed by atoms with Gasteiger partial charge in [-0.05, 0) is 47.2 Å². The molecule has 0 spiro atoms. The number of rotatable bonds is 3. The molecule has 3 aromatic heterocycles. The van der Waals surface area contributed by atoms with Gasteiger partial charge in [0.05, 0.1) is 38.2 Å². The molecule has 0 aliphatic heterocycles. The van der Waals surface area contributed by atoms with E-state index in [-0.39, 0.29) is 0 Å². The zero-order valence-corrected chi connectivity index (χ0v) is 25.5. The molecular formula is C42H25N3S. The highest BCUT2D eigenvalue weighted by molar-refractivity contribution is 7.27. The predicted molar refractivity (Wildman–Crippen MR) is 195 cm³/mol. The van der Waals surface area contributed by atoms with Crippen LogP contribution in [-0.2, 0) is 0 Å². The van der Waals surface area contributed by atoms with E-state index in [9.17, 15) is 0 Å². The third-order valence-electron chi connectivity index (χ3n) is 9.15. The molecule has 0 fully saturated rings. The minimum Gasteiger partial charge on any atom is -0.308 e. The second-order valence-electron chi connectivity index (χ2n) is 11.7. The summed E-state index contributed by atoms with van der Waals surface area (Å²) in [6.45, 7) is 0. The van der Waals surface area contributed by atoms with E-state index in [0.29, 0.717) is 0 Å². The molecule has 0 aliphatic carbocycles. The first-order chi connectivity index (χ1) is 22.8. The fourth-order valence-electron chi connectivity index (χ4n) is 7.19. The Morgan fingerprint density at radius 1 is 0.457 bits per heavy atom. The molecule has 4 heteroatoms. The number of fused-ring (bicyclic) bond motifs is 11. The highest BCUT2D eigenvalue weighted by Gasteiger charge is 2.22. The lowest BCUT2D eigenvalue weighted by Gasteiger charge is -2.14. The van der Waals surface area contributed by atoms with Crippen molar-refractivity contribution in [3.8, 4) is 28.2 Å². The lowest BCUT2D eigenvalue weighted by atomic mass is 9.99. The van der Waals surface area contributed by atoms with Crippen molar-refractivity contribution in [2.24, 2.45) is 0 Å². The van der Waals surface area contributed by atoms with Crippen LogP contribution in [-0.4, -0.2) is 14.5 Å². The van der Waals surface area contributed by atoms with Crippen molar-refractivity contribution in [1.29, 1.82) is 0 Å². The molecular weight excluding hydrogens is 579 g/mol. The Bertz CT molecular complexity index is 2810. The monoisotopic (exact) mass is 603 g/mol. The third kappa shape index (κ3) is 3.65. The summed E-state index contributed by atoms with van der Waals surface area (Å²) in [5, 5.41) is 7.78. The molecule has 3 heterocycles. The van der Waals surface area contributed by atoms with Crippen LogP contribution < -0.4 is 0 Å². The van der Waals surface area contributed by atoms with Gasteiger partial charge in [-0.25, -0.2) is 9.97 Å². The maximum absolute atomic E-state index is 5.22. The Balaban J connectivity index is 1.33. The number of benzene rings is 7. The van der Waals surface area contributed by atoms with Gasteiger partial charge in [0.25, 0.3) is 0 Å². The van der Waals surface area contributed by atoms with Crippen molar-refractivity contribution in [2.75, 3.05) is 0 Å². The van der Waals surface area contributed by atoms with E-state index < -0.39 is 0 Å². The van der Waals surface area contributed by atoms with Crippen molar-refractivity contribution in [2.45, 2.75) is 0 Å². The van der Waals surface area contributed by atoms with Gasteiger partial charge in [0.1, 0.15) is 0 Å². The van der Waals surface area contributed by atoms with E-state index in [2.05, 4.69) is 126 Å². The van der Waals surface area contributed by atoms with Crippen molar-refractivity contribution in [1.82, 2.24) is 14.5 Å². The van der Waals surface area contributed by atoms with Crippen molar-refractivity contribution >= 4 is 75.1 Å². The summed E-state index contributed by atoms with van der Waals surface area (Å²) in [5.41, 5.74) is 9.18. The molecule has 214 valence electrons. The second-order valence-corrected chi connectivity index (χ2v) is 12.8. The first-order valence-electron chi connectivity index (χ1n) is 15.5. The fourth-order valence-corrected chi connectivity index (χ4v) is 8.44. The van der Waals surface area contributed by atoms with Crippen LogP contribution in [0.5, 0.6) is 0 Å². The maximum Gasteiger partial charge on any atom is 0.0973 e. The fraction of sp³-hybridized carbons (Fsp3) is 0. The molecule has 0 unspecified atom stereocenters. The molecule has 10 rings (SSSR count). The lowest BCUT2D eigenvalue weighted by Crippen LogP contribution is -1.98. The maximum atomic E-state index is 5.22. The van der Waals surface area contributed by atoms with Crippen LogP contribution in [0.1, 0.15) is 0 Å². The highest BCUT2D eigenvalue weighted by Crippen LogP contribution is 2.48. The van der Waals surface area contributed by atoms with Gasteiger partial charge < -0.3 is 4.57 Å². The van der Waals surface area contributed by atoms with E-state index in [1.807, 2.05) is 41.7 Å². The Morgan fingerprint density at radius 3 is 1.83 bits per heavy atom. The topological polar surface area (TPSA) is 30.7 Å². The normalized spacial score (nSPS) is 11.9. The van der Waals surface area contributed by atoms with Gasteiger partial charge in [0.15, 0.2) is 0 Å². The lowest BCUT2D eigenvalue weighted by molar-refractivity contribution is 1.18. The Morgan fingerprint density at radius 2 is 1.04 bits per heavy atom. The van der Waals surface area contributed by atoms with E-state index in [4.69, 9.17) is 9.97 Å². The van der Waals surface area contributed by atoms with Gasteiger partial charge >= 0.3 is 0 Å². The van der Waals surface area contributed by atoms with Crippen molar-refractivity contribution < 1.29 is 0 Å². The predicted octanol–water partition coefficient (Wildman–Crippen LogP) is 11.6. The van der Waals surface area contributed by atoms with Crippen LogP contribution in [0.15, 0.2) is 152 Å². The second kappa shape index (κ2) is 9.83. The van der Waals surface area contributed by atoms with Crippen LogP contribution in [0.3, 0.4) is 0 Å². The number of nitrogens with zero attached hydrogens (tertiary/aromatic N) is 3. The van der Waals surface area contributed by atoms with Gasteiger partial charge in [-0.1, -0.05) is 115 Å². The summed E-state index contributed by atoms with van der Waals surface area (Å²) in [7, 11) is 0. The summed E-state index contributed by atoms with van der Waals surface area (Å²) >= 11 is 1.89. The number of thiophene rings is 1. The molecule has 46 heavy (non-hydrogen) atoms. The van der Waals surface area contributed by atoms with Gasteiger partial charge in [-0.2, -0.15) is 0 Å². The first-order valence-corrected chi connectivity index (χ1v) is 16.3. The molecule has 10 aromatic rings. The van der Waals surface area contributed by atoms with Crippen LogP contribution in [0.4, 0.5) is 0 Å². The van der Waals surface area contributed by atoms with E-state index in [1.54, 1.807) is 0 Å². The molecule has 0 saturated carbocycles. The minimum atomic E-state index is 0.880. The molecule has 3 nitrogen and oxygen atoms in total. The van der Waals surface area contributed by atoms with Crippen LogP contribution in [0.25, 0.3) is 92.0 Å². The summed E-state index contributed by atoms with van der Waals surface area (Å²) < 4.78 is 5.08. The van der Waals surface area contributed by atoms with Gasteiger partial charge in [-0.15, -0.1) is 11.3 Å². The average molecular weight is 604 g/mol.